The molecule has 0 saturated carbocycles. The number of methoxy groups -OCH3 is 1. The molecule has 2 aromatic rings. The first-order valence-corrected chi connectivity index (χ1v) is 9.10. The van der Waals surface area contributed by atoms with Crippen molar-refractivity contribution in [3.63, 3.8) is 0 Å². The molecule has 0 aliphatic carbocycles. The lowest BCUT2D eigenvalue weighted by molar-refractivity contribution is -0.121. The summed E-state index contributed by atoms with van der Waals surface area (Å²) in [5, 5.41) is 2.54. The van der Waals surface area contributed by atoms with E-state index in [1.807, 2.05) is 4.83 Å². The molecule has 0 saturated heterocycles. The Hall–Kier alpha value is -2.91. The van der Waals surface area contributed by atoms with E-state index < -0.39 is 15.9 Å². The summed E-state index contributed by atoms with van der Waals surface area (Å²) in [6.07, 6.45) is 0.00792. The number of sulfonamides is 1. The van der Waals surface area contributed by atoms with Crippen molar-refractivity contribution in [2.45, 2.75) is 18.2 Å². The van der Waals surface area contributed by atoms with Gasteiger partial charge in [0.15, 0.2) is 0 Å². The van der Waals surface area contributed by atoms with Gasteiger partial charge in [-0.25, -0.2) is 8.42 Å². The molecule has 0 spiro atoms. The average Bonchev–Trinajstić information content (AvgIpc) is 2.61. The second kappa shape index (κ2) is 8.45. The molecule has 0 unspecified atom stereocenters. The van der Waals surface area contributed by atoms with Crippen LogP contribution in [0.1, 0.15) is 12.5 Å². The Labute approximate surface area is 151 Å². The van der Waals surface area contributed by atoms with Gasteiger partial charge in [0.25, 0.3) is 10.0 Å². The molecule has 2 rings (SSSR count). The number of ether oxygens (including phenoxy) is 1. The number of anilines is 1. The van der Waals surface area contributed by atoms with Crippen LogP contribution < -0.4 is 20.3 Å². The monoisotopic (exact) mass is 377 g/mol. The molecule has 9 heteroatoms. The Morgan fingerprint density at radius 1 is 1.00 bits per heavy atom. The molecule has 0 aliphatic rings. The Morgan fingerprint density at radius 3 is 2.15 bits per heavy atom. The van der Waals surface area contributed by atoms with E-state index in [4.69, 9.17) is 4.74 Å². The predicted octanol–water partition coefficient (Wildman–Crippen LogP) is 1.21. The molecule has 2 amide bonds. The fourth-order valence-electron chi connectivity index (χ4n) is 2.08. The topological polar surface area (TPSA) is 114 Å². The minimum atomic E-state index is -3.92. The quantitative estimate of drug-likeness (QED) is 0.628. The second-order valence-electron chi connectivity index (χ2n) is 5.38. The fourth-order valence-corrected chi connectivity index (χ4v) is 2.94. The zero-order valence-corrected chi connectivity index (χ0v) is 15.1. The predicted molar refractivity (Wildman–Crippen MR) is 95.9 cm³/mol. The van der Waals surface area contributed by atoms with Crippen molar-refractivity contribution >= 4 is 27.5 Å². The van der Waals surface area contributed by atoms with Crippen molar-refractivity contribution in [1.29, 1.82) is 0 Å². The molecule has 0 fully saturated rings. The van der Waals surface area contributed by atoms with Gasteiger partial charge in [-0.2, -0.15) is 0 Å². The molecule has 0 aromatic heterocycles. The highest BCUT2D eigenvalue weighted by atomic mass is 32.2. The first-order valence-electron chi connectivity index (χ1n) is 7.61. The minimum absolute atomic E-state index is 0.00792. The van der Waals surface area contributed by atoms with Gasteiger partial charge in [0.2, 0.25) is 11.8 Å². The van der Waals surface area contributed by atoms with Gasteiger partial charge in [-0.05, 0) is 42.0 Å². The lowest BCUT2D eigenvalue weighted by Crippen LogP contribution is -2.42. The maximum atomic E-state index is 12.2. The van der Waals surface area contributed by atoms with Gasteiger partial charge in [0, 0.05) is 12.6 Å². The highest BCUT2D eigenvalue weighted by Crippen LogP contribution is 2.14. The Kier molecular flexibility index (Phi) is 6.31. The zero-order valence-electron chi connectivity index (χ0n) is 14.3. The van der Waals surface area contributed by atoms with Crippen molar-refractivity contribution < 1.29 is 22.7 Å². The van der Waals surface area contributed by atoms with E-state index >= 15 is 0 Å². The Bertz CT molecular complexity index is 878. The number of amides is 2. The third-order valence-corrected chi connectivity index (χ3v) is 4.60. The molecule has 2 aromatic carbocycles. The third kappa shape index (κ3) is 5.57. The summed E-state index contributed by atoms with van der Waals surface area (Å²) in [6.45, 7) is 1.35. The molecule has 0 aliphatic heterocycles. The average molecular weight is 377 g/mol. The number of benzene rings is 2. The van der Waals surface area contributed by atoms with Crippen LogP contribution in [0.3, 0.4) is 0 Å². The van der Waals surface area contributed by atoms with Crippen LogP contribution in [0.2, 0.25) is 0 Å². The molecule has 0 radical (unpaired) electrons. The lowest BCUT2D eigenvalue weighted by atomic mass is 10.1. The molecular formula is C17H19N3O5S. The van der Waals surface area contributed by atoms with Crippen LogP contribution in [-0.2, 0) is 26.0 Å². The smallest absolute Gasteiger partial charge is 0.257 e. The van der Waals surface area contributed by atoms with Crippen LogP contribution in [0.15, 0.2) is 53.4 Å². The van der Waals surface area contributed by atoms with Gasteiger partial charge in [0.05, 0.1) is 18.4 Å². The molecule has 138 valence electrons. The van der Waals surface area contributed by atoms with Gasteiger partial charge in [0.1, 0.15) is 5.75 Å². The van der Waals surface area contributed by atoms with E-state index in [9.17, 15) is 18.0 Å². The fraction of sp³-hybridized carbons (Fsp3) is 0.176. The van der Waals surface area contributed by atoms with E-state index in [-0.39, 0.29) is 17.2 Å². The van der Waals surface area contributed by atoms with Gasteiger partial charge >= 0.3 is 0 Å². The van der Waals surface area contributed by atoms with E-state index in [2.05, 4.69) is 10.7 Å². The van der Waals surface area contributed by atoms with Crippen LogP contribution >= 0.6 is 0 Å². The van der Waals surface area contributed by atoms with Crippen LogP contribution in [0.25, 0.3) is 0 Å². The van der Waals surface area contributed by atoms with E-state index in [0.29, 0.717) is 17.0 Å². The number of carbonyl (C=O) groups excluding carboxylic acids is 2. The molecule has 3 N–H and O–H groups in total. The summed E-state index contributed by atoms with van der Waals surface area (Å²) < 4.78 is 29.4. The van der Waals surface area contributed by atoms with Crippen molar-refractivity contribution in [2.24, 2.45) is 0 Å². The molecule has 0 atom stereocenters. The standard InChI is InChI=1S/C17H19N3O5S/c1-12(21)18-14-5-9-16(10-6-14)26(23,24)20-19-17(22)11-13-3-7-15(25-2)8-4-13/h3-10,20H,11H2,1-2H3,(H,18,21)(H,19,22). The van der Waals surface area contributed by atoms with Gasteiger partial charge in [-0.3, -0.25) is 15.0 Å². The van der Waals surface area contributed by atoms with Crippen molar-refractivity contribution in [3.8, 4) is 5.75 Å². The maximum absolute atomic E-state index is 12.2. The molecular weight excluding hydrogens is 358 g/mol. The van der Waals surface area contributed by atoms with Crippen molar-refractivity contribution in [3.05, 3.63) is 54.1 Å². The van der Waals surface area contributed by atoms with Crippen LogP contribution in [-0.4, -0.2) is 27.3 Å². The first kappa shape index (κ1) is 19.4. The second-order valence-corrected chi connectivity index (χ2v) is 7.07. The Morgan fingerprint density at radius 2 is 1.62 bits per heavy atom. The van der Waals surface area contributed by atoms with Crippen molar-refractivity contribution in [1.82, 2.24) is 10.3 Å². The van der Waals surface area contributed by atoms with E-state index in [1.165, 1.54) is 31.2 Å². The number of hydrogen-bond donors (Lipinski definition) is 3. The normalized spacial score (nSPS) is 10.8. The highest BCUT2D eigenvalue weighted by molar-refractivity contribution is 7.89. The summed E-state index contributed by atoms with van der Waals surface area (Å²) in [7, 11) is -2.38. The van der Waals surface area contributed by atoms with Crippen LogP contribution in [0, 0.1) is 0 Å². The SMILES string of the molecule is COc1ccc(CC(=O)NNS(=O)(=O)c2ccc(NC(C)=O)cc2)cc1. The summed E-state index contributed by atoms with van der Waals surface area (Å²) in [4.78, 5) is 24.9. The van der Waals surface area contributed by atoms with Gasteiger partial charge < -0.3 is 10.1 Å². The van der Waals surface area contributed by atoms with Crippen molar-refractivity contribution in [2.75, 3.05) is 12.4 Å². The van der Waals surface area contributed by atoms with Gasteiger partial charge in [-0.15, -0.1) is 4.83 Å². The minimum Gasteiger partial charge on any atom is -0.497 e. The summed E-state index contributed by atoms with van der Waals surface area (Å²) in [6, 6.07) is 12.4. The molecule has 0 bridgehead atoms. The number of nitrogens with one attached hydrogen (secondary N) is 3. The van der Waals surface area contributed by atoms with Gasteiger partial charge in [-0.1, -0.05) is 12.1 Å². The zero-order chi connectivity index (χ0) is 19.2. The highest BCUT2D eigenvalue weighted by Gasteiger charge is 2.15. The lowest BCUT2D eigenvalue weighted by Gasteiger charge is -2.09. The number of rotatable bonds is 7. The number of hydrazine groups is 1. The molecule has 26 heavy (non-hydrogen) atoms. The molecule has 0 heterocycles. The van der Waals surface area contributed by atoms with Crippen LogP contribution in [0.4, 0.5) is 5.69 Å². The number of hydrogen-bond acceptors (Lipinski definition) is 5. The van der Waals surface area contributed by atoms with Crippen LogP contribution in [0.5, 0.6) is 5.75 Å². The third-order valence-electron chi connectivity index (χ3n) is 3.33. The summed E-state index contributed by atoms with van der Waals surface area (Å²) in [5.74, 6) is -0.101. The summed E-state index contributed by atoms with van der Waals surface area (Å²) in [5.41, 5.74) is 3.35. The first-order chi connectivity index (χ1) is 12.3. The number of carbonyl (C=O) groups is 2. The Balaban J connectivity index is 1.93. The molecule has 8 nitrogen and oxygen atoms in total. The largest absolute Gasteiger partial charge is 0.497 e. The summed E-state index contributed by atoms with van der Waals surface area (Å²) >= 11 is 0. The van der Waals surface area contributed by atoms with E-state index in [1.54, 1.807) is 31.4 Å². The van der Waals surface area contributed by atoms with E-state index in [0.717, 1.165) is 0 Å². The maximum Gasteiger partial charge on any atom is 0.257 e.